The quantitative estimate of drug-likeness (QED) is 0.718. The second-order valence-corrected chi connectivity index (χ2v) is 5.07. The van der Waals surface area contributed by atoms with Crippen LogP contribution in [0.1, 0.15) is 34.1 Å². The maximum atomic E-state index is 13.0. The average Bonchev–Trinajstić information content (AvgIpc) is 2.52. The normalized spacial score (nSPS) is 25.5. The van der Waals surface area contributed by atoms with Gasteiger partial charge in [-0.3, -0.25) is 4.79 Å². The monoisotopic (exact) mass is 187 g/mol. The standard InChI is InChI=1S/C10H18FNO/c1-9(2)5-7(9)6-12-8(13)10(3,4)11/h7H,5-6H2,1-4H3,(H,12,13). The van der Waals surface area contributed by atoms with Crippen LogP contribution in [0.25, 0.3) is 0 Å². The number of alkyl halides is 1. The highest BCUT2D eigenvalue weighted by Gasteiger charge is 2.45. The lowest BCUT2D eigenvalue weighted by atomic mass is 10.1. The zero-order valence-electron chi connectivity index (χ0n) is 8.78. The van der Waals surface area contributed by atoms with E-state index < -0.39 is 11.6 Å². The van der Waals surface area contributed by atoms with Gasteiger partial charge in [-0.25, -0.2) is 4.39 Å². The Labute approximate surface area is 78.9 Å². The molecule has 2 nitrogen and oxygen atoms in total. The van der Waals surface area contributed by atoms with Gasteiger partial charge in [-0.15, -0.1) is 0 Å². The van der Waals surface area contributed by atoms with Gasteiger partial charge in [0.25, 0.3) is 5.91 Å². The van der Waals surface area contributed by atoms with Crippen LogP contribution in [0.3, 0.4) is 0 Å². The number of halogens is 1. The fourth-order valence-corrected chi connectivity index (χ4v) is 1.35. The minimum absolute atomic E-state index is 0.341. The van der Waals surface area contributed by atoms with Crippen molar-refractivity contribution in [2.45, 2.75) is 39.8 Å². The van der Waals surface area contributed by atoms with Crippen LogP contribution < -0.4 is 5.32 Å². The number of rotatable bonds is 3. The molecule has 1 unspecified atom stereocenters. The first kappa shape index (κ1) is 10.5. The third-order valence-corrected chi connectivity index (χ3v) is 2.77. The van der Waals surface area contributed by atoms with Crippen LogP contribution in [-0.4, -0.2) is 18.1 Å². The van der Waals surface area contributed by atoms with Gasteiger partial charge in [-0.1, -0.05) is 13.8 Å². The van der Waals surface area contributed by atoms with Crippen molar-refractivity contribution >= 4 is 5.91 Å². The van der Waals surface area contributed by atoms with Crippen LogP contribution in [0.5, 0.6) is 0 Å². The molecule has 0 aliphatic heterocycles. The lowest BCUT2D eigenvalue weighted by Gasteiger charge is -2.14. The summed E-state index contributed by atoms with van der Waals surface area (Å²) < 4.78 is 13.0. The minimum atomic E-state index is -1.75. The first-order valence-electron chi connectivity index (χ1n) is 4.71. The first-order chi connectivity index (χ1) is 5.73. The van der Waals surface area contributed by atoms with Gasteiger partial charge < -0.3 is 5.32 Å². The molecule has 1 atom stereocenters. The SMILES string of the molecule is CC(C)(F)C(=O)NCC1CC1(C)C. The van der Waals surface area contributed by atoms with Crippen LogP contribution in [0.2, 0.25) is 0 Å². The molecular formula is C10H18FNO. The van der Waals surface area contributed by atoms with E-state index in [-0.39, 0.29) is 0 Å². The van der Waals surface area contributed by atoms with Crippen molar-refractivity contribution in [2.24, 2.45) is 11.3 Å². The number of carbonyl (C=O) groups is 1. The topological polar surface area (TPSA) is 29.1 Å². The predicted molar refractivity (Wildman–Crippen MR) is 50.1 cm³/mol. The average molecular weight is 187 g/mol. The van der Waals surface area contributed by atoms with Crippen LogP contribution >= 0.6 is 0 Å². The molecule has 1 aliphatic rings. The Morgan fingerprint density at radius 1 is 1.62 bits per heavy atom. The second-order valence-electron chi connectivity index (χ2n) is 5.07. The zero-order chi connectivity index (χ0) is 10.3. The van der Waals surface area contributed by atoms with E-state index in [1.165, 1.54) is 13.8 Å². The zero-order valence-corrected chi connectivity index (χ0v) is 8.78. The summed E-state index contributed by atoms with van der Waals surface area (Å²) in [4.78, 5) is 11.1. The molecule has 0 radical (unpaired) electrons. The Kier molecular flexibility index (Phi) is 2.39. The molecule has 13 heavy (non-hydrogen) atoms. The second kappa shape index (κ2) is 2.96. The summed E-state index contributed by atoms with van der Waals surface area (Å²) in [6.07, 6.45) is 1.12. The Balaban J connectivity index is 2.25. The smallest absolute Gasteiger partial charge is 0.257 e. The summed E-state index contributed by atoms with van der Waals surface area (Å²) in [5.74, 6) is 0.0222. The van der Waals surface area contributed by atoms with E-state index in [1.807, 2.05) is 0 Å². The lowest BCUT2D eigenvalue weighted by molar-refractivity contribution is -0.130. The van der Waals surface area contributed by atoms with Crippen molar-refractivity contribution in [3.05, 3.63) is 0 Å². The summed E-state index contributed by atoms with van der Waals surface area (Å²) in [7, 11) is 0. The molecule has 0 aromatic heterocycles. The summed E-state index contributed by atoms with van der Waals surface area (Å²) in [5.41, 5.74) is -1.41. The number of amides is 1. The van der Waals surface area contributed by atoms with Gasteiger partial charge in [0.15, 0.2) is 5.67 Å². The molecule has 1 aliphatic carbocycles. The van der Waals surface area contributed by atoms with Gasteiger partial charge in [0.1, 0.15) is 0 Å². The van der Waals surface area contributed by atoms with Crippen LogP contribution in [-0.2, 0) is 4.79 Å². The molecule has 0 aromatic carbocycles. The van der Waals surface area contributed by atoms with Gasteiger partial charge in [0, 0.05) is 6.54 Å². The van der Waals surface area contributed by atoms with Gasteiger partial charge in [-0.2, -0.15) is 0 Å². The van der Waals surface area contributed by atoms with Crippen LogP contribution in [0, 0.1) is 11.3 Å². The Bertz CT molecular complexity index is 217. The third kappa shape index (κ3) is 2.68. The summed E-state index contributed by atoms with van der Waals surface area (Å²) >= 11 is 0. The highest BCUT2D eigenvalue weighted by atomic mass is 19.1. The maximum Gasteiger partial charge on any atom is 0.257 e. The largest absolute Gasteiger partial charge is 0.353 e. The van der Waals surface area contributed by atoms with Gasteiger partial charge in [-0.05, 0) is 31.6 Å². The molecule has 0 spiro atoms. The molecule has 1 N–H and O–H groups in total. The van der Waals surface area contributed by atoms with Crippen molar-refractivity contribution in [2.75, 3.05) is 6.54 Å². The van der Waals surface area contributed by atoms with E-state index in [0.717, 1.165) is 6.42 Å². The molecule has 3 heteroatoms. The maximum absolute atomic E-state index is 13.0. The molecule has 1 rings (SSSR count). The van der Waals surface area contributed by atoms with Crippen molar-refractivity contribution in [1.29, 1.82) is 0 Å². The highest BCUT2D eigenvalue weighted by Crippen LogP contribution is 2.50. The first-order valence-corrected chi connectivity index (χ1v) is 4.71. The van der Waals surface area contributed by atoms with Crippen molar-refractivity contribution < 1.29 is 9.18 Å². The van der Waals surface area contributed by atoms with Crippen LogP contribution in [0.15, 0.2) is 0 Å². The number of carbonyl (C=O) groups excluding carboxylic acids is 1. The number of hydrogen-bond donors (Lipinski definition) is 1. The fourth-order valence-electron chi connectivity index (χ4n) is 1.35. The van der Waals surface area contributed by atoms with Crippen LogP contribution in [0.4, 0.5) is 4.39 Å². The lowest BCUT2D eigenvalue weighted by Crippen LogP contribution is -2.39. The summed E-state index contributed by atoms with van der Waals surface area (Å²) in [6, 6.07) is 0. The third-order valence-electron chi connectivity index (χ3n) is 2.77. The van der Waals surface area contributed by atoms with Gasteiger partial charge >= 0.3 is 0 Å². The molecule has 0 bridgehead atoms. The number of hydrogen-bond acceptors (Lipinski definition) is 1. The molecule has 0 saturated heterocycles. The van der Waals surface area contributed by atoms with Crippen molar-refractivity contribution in [1.82, 2.24) is 5.32 Å². The van der Waals surface area contributed by atoms with E-state index in [1.54, 1.807) is 0 Å². The van der Waals surface area contributed by atoms with E-state index in [0.29, 0.717) is 17.9 Å². The Morgan fingerprint density at radius 3 is 2.38 bits per heavy atom. The predicted octanol–water partition coefficient (Wildman–Crippen LogP) is 1.90. The Hall–Kier alpha value is -0.600. The highest BCUT2D eigenvalue weighted by molar-refractivity contribution is 5.84. The van der Waals surface area contributed by atoms with E-state index in [4.69, 9.17) is 0 Å². The van der Waals surface area contributed by atoms with Crippen molar-refractivity contribution in [3.8, 4) is 0 Å². The van der Waals surface area contributed by atoms with E-state index in [2.05, 4.69) is 19.2 Å². The summed E-state index contributed by atoms with van der Waals surface area (Å²) in [6.45, 7) is 7.48. The molecule has 76 valence electrons. The number of nitrogens with one attached hydrogen (secondary N) is 1. The van der Waals surface area contributed by atoms with E-state index in [9.17, 15) is 9.18 Å². The molecule has 1 saturated carbocycles. The molecule has 1 amide bonds. The molecular weight excluding hydrogens is 169 g/mol. The fraction of sp³-hybridized carbons (Fsp3) is 0.900. The molecule has 1 fully saturated rings. The van der Waals surface area contributed by atoms with Crippen molar-refractivity contribution in [3.63, 3.8) is 0 Å². The minimum Gasteiger partial charge on any atom is -0.353 e. The molecule has 0 aromatic rings. The molecule has 0 heterocycles. The van der Waals surface area contributed by atoms with Gasteiger partial charge in [0.2, 0.25) is 0 Å². The summed E-state index contributed by atoms with van der Waals surface area (Å²) in [5, 5.41) is 2.63. The van der Waals surface area contributed by atoms with Gasteiger partial charge in [0.05, 0.1) is 0 Å². The van der Waals surface area contributed by atoms with E-state index >= 15 is 0 Å². The Morgan fingerprint density at radius 2 is 2.08 bits per heavy atom.